The second-order valence-electron chi connectivity index (χ2n) is 10.2. The highest BCUT2D eigenvalue weighted by atomic mass is 16.6. The van der Waals surface area contributed by atoms with Gasteiger partial charge in [-0.15, -0.1) is 0 Å². The van der Waals surface area contributed by atoms with E-state index in [1.54, 1.807) is 32.9 Å². The average molecular weight is 550 g/mol. The van der Waals surface area contributed by atoms with Crippen LogP contribution >= 0.6 is 0 Å². The molecule has 9 nitrogen and oxygen atoms in total. The highest BCUT2D eigenvalue weighted by Crippen LogP contribution is 2.31. The van der Waals surface area contributed by atoms with E-state index in [0.29, 0.717) is 24.8 Å². The number of rotatable bonds is 18. The number of nitrogens with two attached hydrogens (primary N) is 1. The molecule has 0 fully saturated rings. The average Bonchev–Trinajstić information content (AvgIpc) is 2.88. The third-order valence-electron chi connectivity index (χ3n) is 6.21. The molecule has 0 spiro atoms. The lowest BCUT2D eigenvalue weighted by molar-refractivity contribution is -0.158. The molecule has 0 aliphatic rings. The zero-order valence-electron chi connectivity index (χ0n) is 24.5. The molecule has 0 radical (unpaired) electrons. The summed E-state index contributed by atoms with van der Waals surface area (Å²) in [6.07, 6.45) is 5.54. The summed E-state index contributed by atoms with van der Waals surface area (Å²) in [7, 11) is 0. The maximum Gasteiger partial charge on any atom is 0.323 e. The molecule has 39 heavy (non-hydrogen) atoms. The quantitative estimate of drug-likeness (QED) is 0.147. The second kappa shape index (κ2) is 18.4. The maximum absolute atomic E-state index is 12.6. The van der Waals surface area contributed by atoms with Crippen molar-refractivity contribution >= 4 is 23.9 Å². The Kier molecular flexibility index (Phi) is 16.1. The topological polar surface area (TPSA) is 131 Å². The fourth-order valence-corrected chi connectivity index (χ4v) is 3.84. The van der Waals surface area contributed by atoms with Crippen molar-refractivity contribution in [3.63, 3.8) is 0 Å². The minimum Gasteiger partial charge on any atom is -0.461 e. The van der Waals surface area contributed by atoms with Crippen LogP contribution in [-0.4, -0.2) is 42.6 Å². The molecule has 0 amide bonds. The number of ether oxygens (including phenoxy) is 4. The first kappa shape index (κ1) is 34.1. The van der Waals surface area contributed by atoms with Gasteiger partial charge in [0.2, 0.25) is 0 Å². The maximum atomic E-state index is 12.6. The van der Waals surface area contributed by atoms with Gasteiger partial charge in [-0.05, 0) is 50.3 Å². The summed E-state index contributed by atoms with van der Waals surface area (Å²) >= 11 is 0. The summed E-state index contributed by atoms with van der Waals surface area (Å²) < 4.78 is 21.7. The molecule has 1 rings (SSSR count). The van der Waals surface area contributed by atoms with Crippen LogP contribution in [-0.2, 0) is 35.1 Å². The first-order valence-electron chi connectivity index (χ1n) is 14.2. The Morgan fingerprint density at radius 1 is 0.795 bits per heavy atom. The van der Waals surface area contributed by atoms with Gasteiger partial charge in [0.05, 0.1) is 11.8 Å². The lowest BCUT2D eigenvalue weighted by atomic mass is 10.0. The van der Waals surface area contributed by atoms with Crippen LogP contribution in [0.25, 0.3) is 0 Å². The van der Waals surface area contributed by atoms with Gasteiger partial charge in [-0.25, -0.2) is 0 Å². The molecule has 0 aliphatic heterocycles. The van der Waals surface area contributed by atoms with Gasteiger partial charge in [0.1, 0.15) is 18.8 Å². The smallest absolute Gasteiger partial charge is 0.323 e. The molecule has 1 aromatic carbocycles. The first-order valence-corrected chi connectivity index (χ1v) is 14.2. The summed E-state index contributed by atoms with van der Waals surface area (Å²) in [5, 5.41) is 0. The molecule has 2 N–H and O–H groups in total. The largest absolute Gasteiger partial charge is 0.461 e. The predicted octanol–water partition coefficient (Wildman–Crippen LogP) is 5.29. The summed E-state index contributed by atoms with van der Waals surface area (Å²) in [5.74, 6) is -2.23. The standard InChI is InChI=1S/C30H47NO8/c1-7-10-11-14-27(32)37-22(6)19-36-30(35)24(31)17-23-15-16-25(38-28(33)20(4)12-8-2)26(18-23)39-29(34)21(5)13-9-3/h15-16,18,20-22,24H,7-14,17,19,31H2,1-6H3/t20?,21?,22-,24-/m0/s1. The Morgan fingerprint density at radius 2 is 1.38 bits per heavy atom. The van der Waals surface area contributed by atoms with Crippen LogP contribution in [0.4, 0.5) is 0 Å². The van der Waals surface area contributed by atoms with Crippen molar-refractivity contribution < 1.29 is 38.1 Å². The number of esters is 4. The van der Waals surface area contributed by atoms with E-state index in [4.69, 9.17) is 24.7 Å². The number of carbonyl (C=O) groups is 4. The molecule has 0 aliphatic carbocycles. The van der Waals surface area contributed by atoms with Crippen molar-refractivity contribution in [1.82, 2.24) is 0 Å². The molecule has 1 aromatic rings. The van der Waals surface area contributed by atoms with E-state index >= 15 is 0 Å². The number of hydrogen-bond acceptors (Lipinski definition) is 9. The van der Waals surface area contributed by atoms with Crippen molar-refractivity contribution in [2.45, 2.75) is 111 Å². The van der Waals surface area contributed by atoms with E-state index in [1.165, 1.54) is 6.07 Å². The Labute approximate surface area is 233 Å². The van der Waals surface area contributed by atoms with Crippen LogP contribution in [0.3, 0.4) is 0 Å². The molecular formula is C30H47NO8. The molecule has 4 atom stereocenters. The summed E-state index contributed by atoms with van der Waals surface area (Å²) in [6, 6.07) is 3.75. The first-order chi connectivity index (χ1) is 18.5. The van der Waals surface area contributed by atoms with Crippen molar-refractivity contribution in [1.29, 1.82) is 0 Å². The number of carbonyl (C=O) groups excluding carboxylic acids is 4. The lowest BCUT2D eigenvalue weighted by Crippen LogP contribution is -2.36. The van der Waals surface area contributed by atoms with E-state index in [1.807, 2.05) is 13.8 Å². The molecule has 0 saturated heterocycles. The van der Waals surface area contributed by atoms with Gasteiger partial charge in [0.15, 0.2) is 11.5 Å². The minimum absolute atomic E-state index is 0.0968. The zero-order valence-corrected chi connectivity index (χ0v) is 24.5. The van der Waals surface area contributed by atoms with Gasteiger partial charge in [0.25, 0.3) is 0 Å². The van der Waals surface area contributed by atoms with Gasteiger partial charge in [-0.2, -0.15) is 0 Å². The Morgan fingerprint density at radius 3 is 1.95 bits per heavy atom. The van der Waals surface area contributed by atoms with Gasteiger partial charge >= 0.3 is 23.9 Å². The van der Waals surface area contributed by atoms with E-state index in [2.05, 4.69) is 6.92 Å². The highest BCUT2D eigenvalue weighted by Gasteiger charge is 2.23. The predicted molar refractivity (Wildman–Crippen MR) is 148 cm³/mol. The van der Waals surface area contributed by atoms with Crippen molar-refractivity contribution in [3.8, 4) is 11.5 Å². The van der Waals surface area contributed by atoms with Gasteiger partial charge < -0.3 is 24.7 Å². The molecule has 0 aromatic heterocycles. The fraction of sp³-hybridized carbons (Fsp3) is 0.667. The summed E-state index contributed by atoms with van der Waals surface area (Å²) in [6.45, 7) is 11.1. The molecule has 220 valence electrons. The van der Waals surface area contributed by atoms with Crippen molar-refractivity contribution in [3.05, 3.63) is 23.8 Å². The Hall–Kier alpha value is -2.94. The molecule has 2 unspecified atom stereocenters. The van der Waals surface area contributed by atoms with Crippen LogP contribution < -0.4 is 15.2 Å². The molecule has 0 bridgehead atoms. The zero-order chi connectivity index (χ0) is 29.4. The second-order valence-corrected chi connectivity index (χ2v) is 10.2. The van der Waals surface area contributed by atoms with E-state index in [-0.39, 0.29) is 42.3 Å². The van der Waals surface area contributed by atoms with E-state index < -0.39 is 30.1 Å². The van der Waals surface area contributed by atoms with Gasteiger partial charge in [-0.1, -0.05) is 66.4 Å². The van der Waals surface area contributed by atoms with Crippen LogP contribution in [0.15, 0.2) is 18.2 Å². The Balaban J connectivity index is 2.86. The third-order valence-corrected chi connectivity index (χ3v) is 6.21. The monoisotopic (exact) mass is 549 g/mol. The number of hydrogen-bond donors (Lipinski definition) is 1. The van der Waals surface area contributed by atoms with E-state index in [0.717, 1.165) is 32.1 Å². The molecule has 0 heterocycles. The molecule has 0 saturated carbocycles. The molecule has 9 heteroatoms. The molecular weight excluding hydrogens is 502 g/mol. The third kappa shape index (κ3) is 13.1. The normalized spacial score (nSPS) is 14.0. The van der Waals surface area contributed by atoms with Crippen LogP contribution in [0, 0.1) is 11.8 Å². The summed E-state index contributed by atoms with van der Waals surface area (Å²) in [4.78, 5) is 49.5. The van der Waals surface area contributed by atoms with Crippen LogP contribution in [0.1, 0.15) is 98.5 Å². The van der Waals surface area contributed by atoms with Crippen LogP contribution in [0.5, 0.6) is 11.5 Å². The fourth-order valence-electron chi connectivity index (χ4n) is 3.84. The van der Waals surface area contributed by atoms with Crippen molar-refractivity contribution in [2.75, 3.05) is 6.61 Å². The highest BCUT2D eigenvalue weighted by molar-refractivity contribution is 5.79. The Bertz CT molecular complexity index is 932. The van der Waals surface area contributed by atoms with Crippen LogP contribution in [0.2, 0.25) is 0 Å². The van der Waals surface area contributed by atoms with E-state index in [9.17, 15) is 19.2 Å². The van der Waals surface area contributed by atoms with Gasteiger partial charge in [-0.3, -0.25) is 19.2 Å². The minimum atomic E-state index is -1.00. The summed E-state index contributed by atoms with van der Waals surface area (Å²) in [5.41, 5.74) is 6.67. The van der Waals surface area contributed by atoms with Gasteiger partial charge in [0, 0.05) is 6.42 Å². The number of benzene rings is 1. The SMILES string of the molecule is CCCCCC(=O)O[C@@H](C)COC(=O)[C@@H](N)Cc1ccc(OC(=O)C(C)CCC)c(OC(=O)C(C)CCC)c1. The number of unbranched alkanes of at least 4 members (excludes halogenated alkanes) is 2. The lowest BCUT2D eigenvalue weighted by Gasteiger charge is -2.18. The van der Waals surface area contributed by atoms with Crippen molar-refractivity contribution in [2.24, 2.45) is 17.6 Å².